The monoisotopic (exact) mass is 278 g/mol. The number of ether oxygens (including phenoxy) is 1. The summed E-state index contributed by atoms with van der Waals surface area (Å²) in [5.74, 6) is 0. The summed E-state index contributed by atoms with van der Waals surface area (Å²) < 4.78 is 5.96. The fourth-order valence-electron chi connectivity index (χ4n) is 2.25. The molecule has 104 valence electrons. The van der Waals surface area contributed by atoms with Crippen molar-refractivity contribution in [2.24, 2.45) is 0 Å². The van der Waals surface area contributed by atoms with Crippen molar-refractivity contribution in [2.75, 3.05) is 18.4 Å². The second kappa shape index (κ2) is 6.87. The van der Waals surface area contributed by atoms with Crippen molar-refractivity contribution < 1.29 is 4.74 Å². The molecule has 0 spiro atoms. The van der Waals surface area contributed by atoms with Crippen LogP contribution in [0.15, 0.2) is 30.3 Å². The highest BCUT2D eigenvalue weighted by Gasteiger charge is 2.22. The fraction of sp³-hybridized carbons (Fsp3) is 0.533. The zero-order valence-corrected chi connectivity index (χ0v) is 12.5. The normalized spacial score (nSPS) is 23.8. The predicted molar refractivity (Wildman–Crippen MR) is 83.5 cm³/mol. The molecule has 1 heterocycles. The van der Waals surface area contributed by atoms with Gasteiger partial charge in [-0.3, -0.25) is 0 Å². The molecule has 0 unspecified atom stereocenters. The average molecular weight is 278 g/mol. The second-order valence-corrected chi connectivity index (χ2v) is 5.39. The summed E-state index contributed by atoms with van der Waals surface area (Å²) in [6.45, 7) is 6.13. The summed E-state index contributed by atoms with van der Waals surface area (Å²) >= 11 is 5.51. The number of hydrogen-bond donors (Lipinski definition) is 1. The van der Waals surface area contributed by atoms with Gasteiger partial charge in [-0.25, -0.2) is 0 Å². The summed E-state index contributed by atoms with van der Waals surface area (Å²) in [6, 6.07) is 10.1. The lowest BCUT2D eigenvalue weighted by atomic mass is 10.2. The SMILES string of the molecule is CC[C@H]1CN(C(=S)Nc2ccccc2)CC[C@@H](C)O1. The Labute approximate surface area is 120 Å². The van der Waals surface area contributed by atoms with Crippen LogP contribution in [-0.4, -0.2) is 35.3 Å². The lowest BCUT2D eigenvalue weighted by Crippen LogP contribution is -2.39. The van der Waals surface area contributed by atoms with Crippen molar-refractivity contribution in [2.45, 2.75) is 38.9 Å². The number of nitrogens with zero attached hydrogens (tertiary/aromatic N) is 1. The Hall–Kier alpha value is -1.13. The maximum Gasteiger partial charge on any atom is 0.173 e. The Morgan fingerprint density at radius 1 is 1.42 bits per heavy atom. The Morgan fingerprint density at radius 2 is 2.16 bits per heavy atom. The predicted octanol–water partition coefficient (Wildman–Crippen LogP) is 3.27. The van der Waals surface area contributed by atoms with Crippen molar-refractivity contribution in [3.8, 4) is 0 Å². The largest absolute Gasteiger partial charge is 0.373 e. The molecule has 3 nitrogen and oxygen atoms in total. The van der Waals surface area contributed by atoms with E-state index in [0.29, 0.717) is 6.10 Å². The van der Waals surface area contributed by atoms with Gasteiger partial charge in [-0.2, -0.15) is 0 Å². The molecule has 1 fully saturated rings. The molecule has 1 aliphatic heterocycles. The van der Waals surface area contributed by atoms with Gasteiger partial charge in [-0.05, 0) is 44.1 Å². The highest BCUT2D eigenvalue weighted by atomic mass is 32.1. The topological polar surface area (TPSA) is 24.5 Å². The lowest BCUT2D eigenvalue weighted by Gasteiger charge is -2.26. The number of thiocarbonyl (C=S) groups is 1. The molecule has 1 saturated heterocycles. The molecule has 2 rings (SSSR count). The van der Waals surface area contributed by atoms with Crippen LogP contribution in [0.1, 0.15) is 26.7 Å². The van der Waals surface area contributed by atoms with Gasteiger partial charge in [0.05, 0.1) is 12.2 Å². The van der Waals surface area contributed by atoms with Crippen molar-refractivity contribution in [3.63, 3.8) is 0 Å². The number of rotatable bonds is 2. The molecule has 1 aromatic rings. The van der Waals surface area contributed by atoms with E-state index >= 15 is 0 Å². The van der Waals surface area contributed by atoms with E-state index in [-0.39, 0.29) is 6.10 Å². The standard InChI is InChI=1S/C15H22N2OS/c1-3-14-11-17(10-9-12(2)18-14)15(19)16-13-7-5-4-6-8-13/h4-8,12,14H,3,9-11H2,1-2H3,(H,16,19)/t12-,14+/m1/s1. The number of para-hydroxylation sites is 1. The summed E-state index contributed by atoms with van der Waals surface area (Å²) in [6.07, 6.45) is 2.63. The van der Waals surface area contributed by atoms with Crippen LogP contribution in [-0.2, 0) is 4.74 Å². The molecule has 1 aromatic carbocycles. The van der Waals surface area contributed by atoms with Crippen molar-refractivity contribution in [1.29, 1.82) is 0 Å². The maximum atomic E-state index is 5.96. The first-order valence-corrected chi connectivity index (χ1v) is 7.36. The van der Waals surface area contributed by atoms with E-state index in [0.717, 1.165) is 36.7 Å². The quantitative estimate of drug-likeness (QED) is 0.839. The fourth-order valence-corrected chi connectivity index (χ4v) is 2.53. The Bertz CT molecular complexity index is 410. The van der Waals surface area contributed by atoms with Crippen LogP contribution in [0.4, 0.5) is 5.69 Å². The Balaban J connectivity index is 1.97. The first-order chi connectivity index (χ1) is 9.19. The number of benzene rings is 1. The van der Waals surface area contributed by atoms with Crippen LogP contribution in [0.3, 0.4) is 0 Å². The molecular weight excluding hydrogens is 256 g/mol. The average Bonchev–Trinajstić information content (AvgIpc) is 2.61. The molecule has 2 atom stereocenters. The maximum absolute atomic E-state index is 5.96. The van der Waals surface area contributed by atoms with Crippen LogP contribution in [0, 0.1) is 0 Å². The second-order valence-electron chi connectivity index (χ2n) is 5.01. The molecule has 19 heavy (non-hydrogen) atoms. The molecule has 0 saturated carbocycles. The highest BCUT2D eigenvalue weighted by molar-refractivity contribution is 7.80. The van der Waals surface area contributed by atoms with Gasteiger partial charge < -0.3 is 15.0 Å². The van der Waals surface area contributed by atoms with Gasteiger partial charge in [-0.1, -0.05) is 25.1 Å². The number of hydrogen-bond acceptors (Lipinski definition) is 2. The first kappa shape index (κ1) is 14.3. The molecule has 0 radical (unpaired) electrons. The van der Waals surface area contributed by atoms with Crippen LogP contribution in [0.5, 0.6) is 0 Å². The Morgan fingerprint density at radius 3 is 2.84 bits per heavy atom. The molecule has 0 amide bonds. The summed E-state index contributed by atoms with van der Waals surface area (Å²) in [7, 11) is 0. The third-order valence-corrected chi connectivity index (χ3v) is 3.78. The molecule has 0 bridgehead atoms. The lowest BCUT2D eigenvalue weighted by molar-refractivity contribution is 0.00453. The Kier molecular flexibility index (Phi) is 5.16. The summed E-state index contributed by atoms with van der Waals surface area (Å²) in [5.41, 5.74) is 1.04. The third-order valence-electron chi connectivity index (χ3n) is 3.42. The molecular formula is C15H22N2OS. The van der Waals surface area contributed by atoms with Gasteiger partial charge in [0, 0.05) is 18.8 Å². The highest BCUT2D eigenvalue weighted by Crippen LogP contribution is 2.15. The minimum absolute atomic E-state index is 0.271. The van der Waals surface area contributed by atoms with Crippen molar-refractivity contribution in [1.82, 2.24) is 4.90 Å². The van der Waals surface area contributed by atoms with Gasteiger partial charge in [0.25, 0.3) is 0 Å². The van der Waals surface area contributed by atoms with Crippen molar-refractivity contribution in [3.05, 3.63) is 30.3 Å². The van der Waals surface area contributed by atoms with E-state index in [9.17, 15) is 0 Å². The van der Waals surface area contributed by atoms with E-state index in [1.54, 1.807) is 0 Å². The summed E-state index contributed by atoms with van der Waals surface area (Å²) in [5, 5.41) is 4.09. The van der Waals surface area contributed by atoms with E-state index in [1.165, 1.54) is 0 Å². The van der Waals surface area contributed by atoms with Gasteiger partial charge in [0.1, 0.15) is 0 Å². The number of nitrogens with one attached hydrogen (secondary N) is 1. The van der Waals surface area contributed by atoms with E-state index < -0.39 is 0 Å². The first-order valence-electron chi connectivity index (χ1n) is 6.95. The zero-order valence-electron chi connectivity index (χ0n) is 11.6. The van der Waals surface area contributed by atoms with E-state index in [2.05, 4.69) is 24.1 Å². The molecule has 1 aliphatic rings. The van der Waals surface area contributed by atoms with Crippen molar-refractivity contribution >= 4 is 23.0 Å². The third kappa shape index (κ3) is 4.18. The van der Waals surface area contributed by atoms with Crippen LogP contribution in [0.2, 0.25) is 0 Å². The molecule has 1 N–H and O–H groups in total. The minimum atomic E-state index is 0.271. The molecule has 4 heteroatoms. The smallest absolute Gasteiger partial charge is 0.173 e. The summed E-state index contributed by atoms with van der Waals surface area (Å²) in [4.78, 5) is 2.22. The van der Waals surface area contributed by atoms with Gasteiger partial charge in [-0.15, -0.1) is 0 Å². The van der Waals surface area contributed by atoms with Gasteiger partial charge in [0.15, 0.2) is 5.11 Å². The van der Waals surface area contributed by atoms with E-state index in [1.807, 2.05) is 30.3 Å². The number of anilines is 1. The van der Waals surface area contributed by atoms with Gasteiger partial charge >= 0.3 is 0 Å². The molecule has 0 aromatic heterocycles. The van der Waals surface area contributed by atoms with E-state index in [4.69, 9.17) is 17.0 Å². The van der Waals surface area contributed by atoms with Crippen LogP contribution < -0.4 is 5.32 Å². The molecule has 0 aliphatic carbocycles. The minimum Gasteiger partial charge on any atom is -0.373 e. The zero-order chi connectivity index (χ0) is 13.7. The van der Waals surface area contributed by atoms with Crippen LogP contribution in [0.25, 0.3) is 0 Å². The van der Waals surface area contributed by atoms with Crippen LogP contribution >= 0.6 is 12.2 Å². The van der Waals surface area contributed by atoms with Gasteiger partial charge in [0.2, 0.25) is 0 Å².